The van der Waals surface area contributed by atoms with Gasteiger partial charge in [0.05, 0.1) is 18.2 Å². The van der Waals surface area contributed by atoms with Crippen LogP contribution in [0.25, 0.3) is 16.6 Å². The molecule has 6 nitrogen and oxygen atoms in total. The van der Waals surface area contributed by atoms with E-state index in [1.165, 1.54) is 12.1 Å². The van der Waals surface area contributed by atoms with Crippen molar-refractivity contribution in [1.29, 1.82) is 0 Å². The molecule has 1 atom stereocenters. The van der Waals surface area contributed by atoms with Crippen molar-refractivity contribution in [2.75, 3.05) is 6.61 Å². The van der Waals surface area contributed by atoms with Gasteiger partial charge >= 0.3 is 0 Å². The lowest BCUT2D eigenvalue weighted by atomic mass is 10.1. The van der Waals surface area contributed by atoms with E-state index in [0.717, 1.165) is 22.2 Å². The van der Waals surface area contributed by atoms with E-state index in [-0.39, 0.29) is 18.8 Å². The maximum Gasteiger partial charge on any atom is 0.248 e. The number of aliphatic hydroxyl groups excluding tert-OH is 2. The predicted molar refractivity (Wildman–Crippen MR) is 115 cm³/mol. The summed E-state index contributed by atoms with van der Waals surface area (Å²) in [6, 6.07) is 18.1. The van der Waals surface area contributed by atoms with Crippen LogP contribution in [0.5, 0.6) is 11.5 Å². The summed E-state index contributed by atoms with van der Waals surface area (Å²) < 4.78 is 20.7. The summed E-state index contributed by atoms with van der Waals surface area (Å²) in [6.45, 7) is -0.346. The lowest BCUT2D eigenvalue weighted by Crippen LogP contribution is -2.14. The third kappa shape index (κ3) is 4.42. The maximum absolute atomic E-state index is 13.1. The summed E-state index contributed by atoms with van der Waals surface area (Å²) in [5, 5.41) is 20.0. The Kier molecular flexibility index (Phi) is 5.70. The van der Waals surface area contributed by atoms with Gasteiger partial charge in [-0.25, -0.2) is 4.39 Å². The molecule has 0 aliphatic heterocycles. The van der Waals surface area contributed by atoms with Crippen molar-refractivity contribution < 1.29 is 24.1 Å². The molecule has 0 aliphatic carbocycles. The summed E-state index contributed by atoms with van der Waals surface area (Å²) in [5.74, 6) is 0.238. The number of fused-ring (bicyclic) bond motifs is 1. The van der Waals surface area contributed by atoms with Gasteiger partial charge in [-0.15, -0.1) is 0 Å². The topological polar surface area (TPSA) is 97.7 Å². The van der Waals surface area contributed by atoms with Crippen LogP contribution in [0.4, 0.5) is 4.39 Å². The normalized spacial score (nSPS) is 12.1. The Bertz CT molecular complexity index is 1220. The number of hydrogen-bond donors (Lipinski definition) is 3. The molecule has 3 aromatic carbocycles. The molecule has 4 rings (SSSR count). The first-order valence-corrected chi connectivity index (χ1v) is 9.71. The van der Waals surface area contributed by atoms with Crippen LogP contribution in [0.15, 0.2) is 72.9 Å². The first-order valence-electron chi connectivity index (χ1n) is 9.71. The standard InChI is InChI=1S/C24H21FN2O4/c25-17-2-6-20(7-3-17)31-21-8-4-18(5-9-21)27-13-16(11-19(29)14-28)22-10-1-15(24(26)30)12-23(22)27/h1-10,12-13,19,28-29H,11,14H2,(H2,26,30)/t19-/m0/s1. The van der Waals surface area contributed by atoms with E-state index in [0.29, 0.717) is 17.1 Å². The Morgan fingerprint density at radius 3 is 2.29 bits per heavy atom. The number of nitrogens with zero attached hydrogens (tertiary/aromatic N) is 1. The molecule has 0 saturated carbocycles. The van der Waals surface area contributed by atoms with Crippen LogP contribution in [0.1, 0.15) is 15.9 Å². The average molecular weight is 420 g/mol. The van der Waals surface area contributed by atoms with E-state index in [2.05, 4.69) is 0 Å². The number of rotatable bonds is 7. The third-order valence-electron chi connectivity index (χ3n) is 5.00. The molecule has 1 amide bonds. The largest absolute Gasteiger partial charge is 0.457 e. The third-order valence-corrected chi connectivity index (χ3v) is 5.00. The molecule has 0 saturated heterocycles. The number of amides is 1. The molecule has 0 fully saturated rings. The smallest absolute Gasteiger partial charge is 0.248 e. The Hall–Kier alpha value is -3.68. The second kappa shape index (κ2) is 8.59. The zero-order chi connectivity index (χ0) is 22.0. The fraction of sp³-hybridized carbons (Fsp3) is 0.125. The Balaban J connectivity index is 1.70. The van der Waals surface area contributed by atoms with Crippen molar-refractivity contribution in [3.8, 4) is 17.2 Å². The van der Waals surface area contributed by atoms with E-state index >= 15 is 0 Å². The number of carbonyl (C=O) groups excluding carboxylic acids is 1. The zero-order valence-corrected chi connectivity index (χ0v) is 16.5. The molecule has 0 spiro atoms. The predicted octanol–water partition coefficient (Wildman–Crippen LogP) is 3.56. The summed E-state index contributed by atoms with van der Waals surface area (Å²) in [4.78, 5) is 11.7. The van der Waals surface area contributed by atoms with Gasteiger partial charge in [-0.2, -0.15) is 0 Å². The zero-order valence-electron chi connectivity index (χ0n) is 16.5. The summed E-state index contributed by atoms with van der Waals surface area (Å²) in [5.41, 5.74) is 8.21. The van der Waals surface area contributed by atoms with Crippen LogP contribution in [0, 0.1) is 5.82 Å². The van der Waals surface area contributed by atoms with Crippen molar-refractivity contribution in [1.82, 2.24) is 4.57 Å². The van der Waals surface area contributed by atoms with Crippen LogP contribution in [-0.2, 0) is 6.42 Å². The monoisotopic (exact) mass is 420 g/mol. The number of benzene rings is 3. The molecular formula is C24H21FN2O4. The number of ether oxygens (including phenoxy) is 1. The molecular weight excluding hydrogens is 399 g/mol. The highest BCUT2D eigenvalue weighted by Gasteiger charge is 2.15. The SMILES string of the molecule is NC(=O)c1ccc2c(C[C@H](O)CO)cn(-c3ccc(Oc4ccc(F)cc4)cc3)c2c1. The van der Waals surface area contributed by atoms with Crippen LogP contribution in [0.2, 0.25) is 0 Å². The highest BCUT2D eigenvalue weighted by molar-refractivity contribution is 5.98. The van der Waals surface area contributed by atoms with E-state index in [1.807, 2.05) is 22.9 Å². The molecule has 1 aromatic heterocycles. The molecule has 4 N–H and O–H groups in total. The maximum atomic E-state index is 13.1. The molecule has 0 unspecified atom stereocenters. The van der Waals surface area contributed by atoms with Crippen LogP contribution >= 0.6 is 0 Å². The van der Waals surface area contributed by atoms with E-state index < -0.39 is 12.0 Å². The van der Waals surface area contributed by atoms with Crippen molar-refractivity contribution in [2.45, 2.75) is 12.5 Å². The summed E-state index contributed by atoms with van der Waals surface area (Å²) in [7, 11) is 0. The number of aromatic nitrogens is 1. The molecule has 1 heterocycles. The van der Waals surface area contributed by atoms with Gasteiger partial charge in [0.15, 0.2) is 0 Å². The van der Waals surface area contributed by atoms with Gasteiger partial charge in [-0.05, 0) is 66.2 Å². The van der Waals surface area contributed by atoms with Gasteiger partial charge in [0.1, 0.15) is 17.3 Å². The van der Waals surface area contributed by atoms with Gasteiger partial charge in [0.25, 0.3) is 0 Å². The Morgan fingerprint density at radius 1 is 1.03 bits per heavy atom. The van der Waals surface area contributed by atoms with Gasteiger partial charge in [0.2, 0.25) is 5.91 Å². The van der Waals surface area contributed by atoms with Crippen molar-refractivity contribution >= 4 is 16.8 Å². The fourth-order valence-electron chi connectivity index (χ4n) is 3.46. The molecule has 0 bridgehead atoms. The highest BCUT2D eigenvalue weighted by Crippen LogP contribution is 2.29. The minimum absolute atomic E-state index is 0.266. The first-order chi connectivity index (χ1) is 14.9. The highest BCUT2D eigenvalue weighted by atomic mass is 19.1. The number of carbonyl (C=O) groups is 1. The van der Waals surface area contributed by atoms with Crippen molar-refractivity contribution in [3.05, 3.63) is 89.9 Å². The van der Waals surface area contributed by atoms with Gasteiger partial charge in [-0.1, -0.05) is 6.07 Å². The van der Waals surface area contributed by atoms with Crippen LogP contribution in [-0.4, -0.2) is 33.4 Å². The lowest BCUT2D eigenvalue weighted by molar-refractivity contribution is 0.0957. The number of hydrogen-bond acceptors (Lipinski definition) is 4. The summed E-state index contributed by atoms with van der Waals surface area (Å²) in [6.07, 6.45) is 1.24. The number of aliphatic hydroxyl groups is 2. The second-order valence-corrected chi connectivity index (χ2v) is 7.21. The van der Waals surface area contributed by atoms with E-state index in [9.17, 15) is 19.4 Å². The second-order valence-electron chi connectivity index (χ2n) is 7.21. The lowest BCUT2D eigenvalue weighted by Gasteiger charge is -2.09. The minimum atomic E-state index is -0.888. The van der Waals surface area contributed by atoms with Crippen LogP contribution < -0.4 is 10.5 Å². The van der Waals surface area contributed by atoms with Crippen molar-refractivity contribution in [3.63, 3.8) is 0 Å². The molecule has 31 heavy (non-hydrogen) atoms. The summed E-state index contributed by atoms with van der Waals surface area (Å²) >= 11 is 0. The first kappa shape index (κ1) is 20.6. The average Bonchev–Trinajstić information content (AvgIpc) is 3.13. The van der Waals surface area contributed by atoms with Gasteiger partial charge in [-0.3, -0.25) is 4.79 Å². The molecule has 0 radical (unpaired) electrons. The van der Waals surface area contributed by atoms with E-state index in [4.69, 9.17) is 10.5 Å². The van der Waals surface area contributed by atoms with Gasteiger partial charge < -0.3 is 25.3 Å². The number of nitrogens with two attached hydrogens (primary N) is 1. The van der Waals surface area contributed by atoms with E-state index in [1.54, 1.807) is 42.5 Å². The fourth-order valence-corrected chi connectivity index (χ4v) is 3.46. The molecule has 4 aromatic rings. The Morgan fingerprint density at radius 2 is 1.68 bits per heavy atom. The molecule has 0 aliphatic rings. The number of primary amides is 1. The Labute approximate surface area is 177 Å². The van der Waals surface area contributed by atoms with Gasteiger partial charge in [0, 0.05) is 29.3 Å². The quantitative estimate of drug-likeness (QED) is 0.426. The minimum Gasteiger partial charge on any atom is -0.457 e. The number of halogens is 1. The molecule has 158 valence electrons. The molecule has 7 heteroatoms. The van der Waals surface area contributed by atoms with Crippen LogP contribution in [0.3, 0.4) is 0 Å². The van der Waals surface area contributed by atoms with Crippen molar-refractivity contribution in [2.24, 2.45) is 5.73 Å².